The molecule has 176 valence electrons. The molecule has 6 heteroatoms. The van der Waals surface area contributed by atoms with E-state index in [0.29, 0.717) is 6.61 Å². The van der Waals surface area contributed by atoms with E-state index in [2.05, 4.69) is 23.8 Å². The van der Waals surface area contributed by atoms with Gasteiger partial charge in [-0.25, -0.2) is 8.78 Å². The zero-order valence-electron chi connectivity index (χ0n) is 19.9. The number of carbonyl (C=O) groups excluding carboxylic acids is 1. The average molecular weight is 447 g/mol. The quantitative estimate of drug-likeness (QED) is 0.425. The number of ether oxygens (including phenoxy) is 1. The summed E-state index contributed by atoms with van der Waals surface area (Å²) in [4.78, 5) is 17.5. The Balaban J connectivity index is 2.48. The summed E-state index contributed by atoms with van der Waals surface area (Å²) in [5.74, 6) is -2.79. The van der Waals surface area contributed by atoms with Crippen LogP contribution in [0.5, 0.6) is 5.75 Å². The molecule has 0 saturated heterocycles. The number of nitrogens with one attached hydrogen (secondary N) is 1. The third-order valence-electron chi connectivity index (χ3n) is 6.48. The van der Waals surface area contributed by atoms with Gasteiger partial charge in [0.25, 0.3) is 11.8 Å². The maximum atomic E-state index is 13.9. The first-order chi connectivity index (χ1) is 15.0. The normalized spacial score (nSPS) is 18.4. The maximum Gasteiger partial charge on any atom is 0.270 e. The lowest BCUT2D eigenvalue weighted by Crippen LogP contribution is -2.43. The van der Waals surface area contributed by atoms with Crippen molar-refractivity contribution >= 4 is 11.6 Å². The number of benzene rings is 1. The fraction of sp³-hybridized carbons (Fsp3) is 0.538. The molecule has 0 aromatic heterocycles. The van der Waals surface area contributed by atoms with Crippen molar-refractivity contribution < 1.29 is 18.3 Å². The van der Waals surface area contributed by atoms with Gasteiger partial charge in [0.05, 0.1) is 12.6 Å². The Hall–Kier alpha value is -2.50. The lowest BCUT2D eigenvalue weighted by molar-refractivity contribution is -0.116. The Kier molecular flexibility index (Phi) is 8.76. The van der Waals surface area contributed by atoms with Crippen LogP contribution in [-0.2, 0) is 4.79 Å². The Morgan fingerprint density at radius 2 is 1.97 bits per heavy atom. The second kappa shape index (κ2) is 10.9. The van der Waals surface area contributed by atoms with Crippen LogP contribution in [0.2, 0.25) is 0 Å². The number of amides is 1. The number of hydrogen-bond donors (Lipinski definition) is 1. The minimum atomic E-state index is -3.05. The molecule has 1 aliphatic carbocycles. The van der Waals surface area contributed by atoms with E-state index in [4.69, 9.17) is 4.74 Å². The van der Waals surface area contributed by atoms with Crippen LogP contribution in [0.1, 0.15) is 78.3 Å². The van der Waals surface area contributed by atoms with Crippen molar-refractivity contribution in [3.05, 3.63) is 53.8 Å². The molecular weight excluding hydrogens is 410 g/mol. The SMILES string of the molecule is C=CN=C(C(=O)NC(c1cccc(OCC)c1)C1(C)CCCCC1)/C(C)=C(\C)C(C)(F)F. The Bertz CT molecular complexity index is 878. The lowest BCUT2D eigenvalue weighted by atomic mass is 9.68. The van der Waals surface area contributed by atoms with Crippen molar-refractivity contribution in [2.75, 3.05) is 6.61 Å². The second-order valence-corrected chi connectivity index (χ2v) is 8.93. The molecule has 1 aliphatic rings. The van der Waals surface area contributed by atoms with Crippen LogP contribution < -0.4 is 10.1 Å². The zero-order valence-corrected chi connectivity index (χ0v) is 19.9. The topological polar surface area (TPSA) is 50.7 Å². The third kappa shape index (κ3) is 6.27. The van der Waals surface area contributed by atoms with Crippen LogP contribution in [0.4, 0.5) is 8.78 Å². The zero-order chi connectivity index (χ0) is 23.9. The fourth-order valence-corrected chi connectivity index (χ4v) is 4.38. The highest BCUT2D eigenvalue weighted by Gasteiger charge is 2.38. The summed E-state index contributed by atoms with van der Waals surface area (Å²) in [6.07, 6.45) is 6.48. The molecular formula is C26H36F2N2O2. The molecule has 32 heavy (non-hydrogen) atoms. The number of alkyl halides is 2. The molecule has 1 unspecified atom stereocenters. The molecule has 0 spiro atoms. The van der Waals surface area contributed by atoms with Crippen LogP contribution in [0.3, 0.4) is 0 Å². The Morgan fingerprint density at radius 3 is 2.53 bits per heavy atom. The van der Waals surface area contributed by atoms with Crippen molar-refractivity contribution in [1.82, 2.24) is 5.32 Å². The number of carbonyl (C=O) groups is 1. The smallest absolute Gasteiger partial charge is 0.270 e. The van der Waals surface area contributed by atoms with Gasteiger partial charge in [0.15, 0.2) is 0 Å². The van der Waals surface area contributed by atoms with Gasteiger partial charge in [-0.1, -0.05) is 44.9 Å². The van der Waals surface area contributed by atoms with Crippen LogP contribution in [-0.4, -0.2) is 24.1 Å². The predicted octanol–water partition coefficient (Wildman–Crippen LogP) is 6.79. The van der Waals surface area contributed by atoms with Crippen molar-refractivity contribution in [3.63, 3.8) is 0 Å². The fourth-order valence-electron chi connectivity index (χ4n) is 4.38. The van der Waals surface area contributed by atoms with E-state index >= 15 is 0 Å². The van der Waals surface area contributed by atoms with Crippen LogP contribution in [0.15, 0.2) is 53.2 Å². The van der Waals surface area contributed by atoms with Gasteiger partial charge in [-0.2, -0.15) is 0 Å². The number of aliphatic imine (C=N–C) groups is 1. The van der Waals surface area contributed by atoms with Gasteiger partial charge in [0.1, 0.15) is 11.5 Å². The molecule has 1 saturated carbocycles. The summed E-state index contributed by atoms with van der Waals surface area (Å²) in [6, 6.07) is 7.43. The Morgan fingerprint density at radius 1 is 1.31 bits per heavy atom. The predicted molar refractivity (Wildman–Crippen MR) is 126 cm³/mol. The third-order valence-corrected chi connectivity index (χ3v) is 6.48. The highest BCUT2D eigenvalue weighted by Crippen LogP contribution is 2.46. The summed E-state index contributed by atoms with van der Waals surface area (Å²) in [7, 11) is 0. The van der Waals surface area contributed by atoms with E-state index in [1.807, 2.05) is 31.2 Å². The lowest BCUT2D eigenvalue weighted by Gasteiger charge is -2.41. The summed E-state index contributed by atoms with van der Waals surface area (Å²) in [5, 5.41) is 3.13. The van der Waals surface area contributed by atoms with Gasteiger partial charge in [-0.15, -0.1) is 0 Å². The van der Waals surface area contributed by atoms with Crippen molar-refractivity contribution in [1.29, 1.82) is 0 Å². The number of allylic oxidation sites excluding steroid dienone is 1. The average Bonchev–Trinajstić information content (AvgIpc) is 2.75. The van der Waals surface area contributed by atoms with Crippen LogP contribution in [0, 0.1) is 5.41 Å². The van der Waals surface area contributed by atoms with Gasteiger partial charge in [-0.05, 0) is 62.3 Å². The summed E-state index contributed by atoms with van der Waals surface area (Å²) in [5.41, 5.74) is 0.701. The minimum absolute atomic E-state index is 0.0376. The maximum absolute atomic E-state index is 13.9. The first kappa shape index (κ1) is 25.8. The van der Waals surface area contributed by atoms with E-state index in [1.165, 1.54) is 26.5 Å². The summed E-state index contributed by atoms with van der Waals surface area (Å²) >= 11 is 0. The highest BCUT2D eigenvalue weighted by molar-refractivity contribution is 6.45. The molecule has 1 aromatic carbocycles. The van der Waals surface area contributed by atoms with Crippen LogP contribution in [0.25, 0.3) is 0 Å². The molecule has 1 amide bonds. The largest absolute Gasteiger partial charge is 0.494 e. The van der Waals surface area contributed by atoms with Crippen molar-refractivity contribution in [2.45, 2.75) is 78.7 Å². The van der Waals surface area contributed by atoms with E-state index in [9.17, 15) is 13.6 Å². The minimum Gasteiger partial charge on any atom is -0.494 e. The number of hydrogen-bond acceptors (Lipinski definition) is 3. The number of halogens is 2. The molecule has 0 heterocycles. The van der Waals surface area contributed by atoms with E-state index in [-0.39, 0.29) is 28.3 Å². The summed E-state index contributed by atoms with van der Waals surface area (Å²) in [6.45, 7) is 11.9. The van der Waals surface area contributed by atoms with Crippen molar-refractivity contribution in [3.8, 4) is 5.75 Å². The number of rotatable bonds is 9. The van der Waals surface area contributed by atoms with Gasteiger partial charge in [0, 0.05) is 18.7 Å². The molecule has 1 fully saturated rings. The number of nitrogens with zero attached hydrogens (tertiary/aromatic N) is 1. The molecule has 1 atom stereocenters. The van der Waals surface area contributed by atoms with E-state index in [0.717, 1.165) is 43.9 Å². The van der Waals surface area contributed by atoms with Gasteiger partial charge < -0.3 is 10.1 Å². The van der Waals surface area contributed by atoms with Crippen LogP contribution >= 0.6 is 0 Å². The Labute approximate surface area is 190 Å². The first-order valence-electron chi connectivity index (χ1n) is 11.3. The molecule has 0 bridgehead atoms. The molecule has 1 N–H and O–H groups in total. The van der Waals surface area contributed by atoms with E-state index in [1.54, 1.807) is 0 Å². The molecule has 0 radical (unpaired) electrons. The van der Waals surface area contributed by atoms with Gasteiger partial charge in [-0.3, -0.25) is 9.79 Å². The second-order valence-electron chi connectivity index (χ2n) is 8.93. The van der Waals surface area contributed by atoms with Crippen molar-refractivity contribution in [2.24, 2.45) is 10.4 Å². The summed E-state index contributed by atoms with van der Waals surface area (Å²) < 4.78 is 33.6. The highest BCUT2D eigenvalue weighted by atomic mass is 19.3. The van der Waals surface area contributed by atoms with Gasteiger partial charge >= 0.3 is 0 Å². The van der Waals surface area contributed by atoms with Gasteiger partial charge in [0.2, 0.25) is 0 Å². The molecule has 1 aromatic rings. The van der Waals surface area contributed by atoms with E-state index < -0.39 is 11.8 Å². The molecule has 0 aliphatic heterocycles. The standard InChI is InChI=1S/C26H36F2N2O2/c1-7-29-22(18(3)19(4)26(6,27)28)24(31)30-23(25(5)15-10-9-11-16-25)20-13-12-14-21(17-20)32-8-2/h7,12-14,17,23H,1,8-11,15-16H2,2-6H3,(H,30,31)/b19-18+,29-22?. The molecule has 2 rings (SSSR count). The first-order valence-corrected chi connectivity index (χ1v) is 11.3. The monoisotopic (exact) mass is 446 g/mol. The molecule has 4 nitrogen and oxygen atoms in total.